The monoisotopic (exact) mass is 343 g/mol. The number of aromatic nitrogens is 1. The molecule has 0 aliphatic rings. The minimum absolute atomic E-state index is 0.113. The standard InChI is InChI=1S/C8H4ClF6NO3S/c1-18-4(17)2-3(9)16-6(20-2)19-5(7(10,11)12)8(13,14)15/h5H,1H3. The molecular weight excluding hydrogens is 340 g/mol. The molecule has 0 aliphatic carbocycles. The van der Waals surface area contributed by atoms with Crippen LogP contribution in [0.2, 0.25) is 5.15 Å². The molecule has 114 valence electrons. The predicted molar refractivity (Wildman–Crippen MR) is 55.0 cm³/mol. The van der Waals surface area contributed by atoms with Crippen molar-refractivity contribution in [1.82, 2.24) is 4.98 Å². The van der Waals surface area contributed by atoms with E-state index >= 15 is 0 Å². The molecule has 1 heterocycles. The van der Waals surface area contributed by atoms with Gasteiger partial charge in [0.05, 0.1) is 7.11 Å². The largest absolute Gasteiger partial charge is 0.465 e. The molecule has 0 radical (unpaired) electrons. The molecule has 0 N–H and O–H groups in total. The van der Waals surface area contributed by atoms with Crippen molar-refractivity contribution in [2.45, 2.75) is 18.5 Å². The fraction of sp³-hybridized carbons (Fsp3) is 0.500. The molecule has 20 heavy (non-hydrogen) atoms. The Kier molecular flexibility index (Phi) is 4.74. The van der Waals surface area contributed by atoms with E-state index in [-0.39, 0.29) is 11.3 Å². The normalized spacial score (nSPS) is 12.7. The topological polar surface area (TPSA) is 48.4 Å². The summed E-state index contributed by atoms with van der Waals surface area (Å²) >= 11 is 5.50. The van der Waals surface area contributed by atoms with Crippen LogP contribution in [0.1, 0.15) is 9.67 Å². The first kappa shape index (κ1) is 16.8. The SMILES string of the molecule is COC(=O)c1sc(OC(C(F)(F)F)C(F)(F)F)nc1Cl. The third-order valence-electron chi connectivity index (χ3n) is 1.75. The fourth-order valence-electron chi connectivity index (χ4n) is 0.972. The second kappa shape index (κ2) is 5.64. The Morgan fingerprint density at radius 1 is 1.25 bits per heavy atom. The number of methoxy groups -OCH3 is 1. The maximum Gasteiger partial charge on any atom is 0.434 e. The maximum atomic E-state index is 12.2. The van der Waals surface area contributed by atoms with Gasteiger partial charge in [0.25, 0.3) is 11.3 Å². The summed E-state index contributed by atoms with van der Waals surface area (Å²) < 4.78 is 81.4. The Morgan fingerprint density at radius 2 is 1.75 bits per heavy atom. The highest BCUT2D eigenvalue weighted by Gasteiger charge is 2.59. The van der Waals surface area contributed by atoms with E-state index in [9.17, 15) is 31.1 Å². The third-order valence-corrected chi connectivity index (χ3v) is 3.06. The zero-order valence-electron chi connectivity index (χ0n) is 9.30. The lowest BCUT2D eigenvalue weighted by Crippen LogP contribution is -2.46. The molecule has 1 rings (SSSR count). The first-order valence-corrected chi connectivity index (χ1v) is 5.71. The summed E-state index contributed by atoms with van der Waals surface area (Å²) in [6.07, 6.45) is -15.5. The van der Waals surface area contributed by atoms with Crippen molar-refractivity contribution in [2.24, 2.45) is 0 Å². The van der Waals surface area contributed by atoms with Crippen molar-refractivity contribution >= 4 is 28.9 Å². The van der Waals surface area contributed by atoms with Gasteiger partial charge in [-0.05, 0) is 0 Å². The molecule has 1 aromatic rings. The average molecular weight is 344 g/mol. The summed E-state index contributed by atoms with van der Waals surface area (Å²) in [7, 11) is 0.952. The van der Waals surface area contributed by atoms with Crippen molar-refractivity contribution < 1.29 is 40.6 Å². The highest BCUT2D eigenvalue weighted by atomic mass is 35.5. The molecule has 0 saturated carbocycles. The van der Waals surface area contributed by atoms with Gasteiger partial charge in [0.15, 0.2) is 10.0 Å². The Hall–Kier alpha value is -1.23. The first-order valence-electron chi connectivity index (χ1n) is 4.51. The van der Waals surface area contributed by atoms with E-state index in [1.807, 2.05) is 0 Å². The van der Waals surface area contributed by atoms with Gasteiger partial charge < -0.3 is 9.47 Å². The Morgan fingerprint density at radius 3 is 2.15 bits per heavy atom. The van der Waals surface area contributed by atoms with Crippen LogP contribution in [0.4, 0.5) is 26.3 Å². The summed E-state index contributed by atoms with van der Waals surface area (Å²) in [6.45, 7) is 0. The van der Waals surface area contributed by atoms with Crippen molar-refractivity contribution in [3.63, 3.8) is 0 Å². The smallest absolute Gasteiger partial charge is 0.434 e. The molecule has 1 aromatic heterocycles. The van der Waals surface area contributed by atoms with Gasteiger partial charge in [-0.1, -0.05) is 22.9 Å². The lowest BCUT2D eigenvalue weighted by Gasteiger charge is -2.22. The summed E-state index contributed by atoms with van der Waals surface area (Å²) in [4.78, 5) is 13.7. The number of hydrogen-bond acceptors (Lipinski definition) is 5. The van der Waals surface area contributed by atoms with Crippen LogP contribution < -0.4 is 4.74 Å². The van der Waals surface area contributed by atoms with Gasteiger partial charge in [0, 0.05) is 0 Å². The average Bonchev–Trinajstić information content (AvgIpc) is 2.63. The lowest BCUT2D eigenvalue weighted by molar-refractivity contribution is -0.299. The Balaban J connectivity index is 3.05. The van der Waals surface area contributed by atoms with Crippen LogP contribution in [0.15, 0.2) is 0 Å². The van der Waals surface area contributed by atoms with Gasteiger partial charge in [0.2, 0.25) is 0 Å². The quantitative estimate of drug-likeness (QED) is 0.623. The molecule has 0 amide bonds. The number of nitrogens with zero attached hydrogens (tertiary/aromatic N) is 1. The number of esters is 1. The van der Waals surface area contributed by atoms with Crippen LogP contribution >= 0.6 is 22.9 Å². The second-order valence-electron chi connectivity index (χ2n) is 3.17. The molecule has 4 nitrogen and oxygen atoms in total. The van der Waals surface area contributed by atoms with Gasteiger partial charge in [0.1, 0.15) is 0 Å². The molecule has 0 unspecified atom stereocenters. The molecule has 0 bridgehead atoms. The summed E-state index contributed by atoms with van der Waals surface area (Å²) in [5.41, 5.74) is 0. The van der Waals surface area contributed by atoms with Gasteiger partial charge in [-0.25, -0.2) is 4.79 Å². The second-order valence-corrected chi connectivity index (χ2v) is 4.49. The molecule has 0 atom stereocenters. The number of thiazole rings is 1. The number of carbonyl (C=O) groups is 1. The first-order chi connectivity index (χ1) is 8.96. The number of hydrogen-bond donors (Lipinski definition) is 0. The van der Waals surface area contributed by atoms with Crippen molar-refractivity contribution in [3.05, 3.63) is 10.0 Å². The zero-order chi connectivity index (χ0) is 15.7. The van der Waals surface area contributed by atoms with E-state index in [4.69, 9.17) is 11.6 Å². The van der Waals surface area contributed by atoms with Crippen molar-refractivity contribution in [3.8, 4) is 5.19 Å². The molecule has 0 fully saturated rings. The minimum Gasteiger partial charge on any atom is -0.465 e. The Labute approximate surface area is 116 Å². The number of carbonyl (C=O) groups excluding carboxylic acids is 1. The van der Waals surface area contributed by atoms with Gasteiger partial charge in [-0.15, -0.1) is 0 Å². The Bertz CT molecular complexity index is 485. The number of ether oxygens (including phenoxy) is 2. The molecule has 0 aromatic carbocycles. The summed E-state index contributed by atoms with van der Waals surface area (Å²) in [5, 5.41) is -1.66. The van der Waals surface area contributed by atoms with Crippen LogP contribution in [0.25, 0.3) is 0 Å². The van der Waals surface area contributed by atoms with Gasteiger partial charge in [-0.2, -0.15) is 31.3 Å². The molecule has 0 spiro atoms. The predicted octanol–water partition coefficient (Wildman–Crippen LogP) is 3.46. The lowest BCUT2D eigenvalue weighted by atomic mass is 10.3. The van der Waals surface area contributed by atoms with Crippen LogP contribution in [-0.2, 0) is 4.74 Å². The third kappa shape index (κ3) is 3.88. The molecular formula is C8H4ClF6NO3S. The molecule has 0 aliphatic heterocycles. The van der Waals surface area contributed by atoms with E-state index in [1.54, 1.807) is 0 Å². The number of halogens is 7. The zero-order valence-corrected chi connectivity index (χ0v) is 10.9. The fourth-order valence-corrected chi connectivity index (χ4v) is 2.04. The van der Waals surface area contributed by atoms with Crippen LogP contribution in [0.5, 0.6) is 5.19 Å². The maximum absolute atomic E-state index is 12.2. The van der Waals surface area contributed by atoms with Crippen molar-refractivity contribution in [1.29, 1.82) is 0 Å². The van der Waals surface area contributed by atoms with E-state index in [1.165, 1.54) is 0 Å². The summed E-state index contributed by atoms with van der Waals surface area (Å²) in [5.74, 6) is -1.06. The minimum atomic E-state index is -5.69. The van der Waals surface area contributed by atoms with Crippen LogP contribution in [-0.4, -0.2) is 36.5 Å². The van der Waals surface area contributed by atoms with E-state index in [2.05, 4.69) is 14.5 Å². The number of rotatable bonds is 3. The highest BCUT2D eigenvalue weighted by molar-refractivity contribution is 7.15. The van der Waals surface area contributed by atoms with E-state index in [0.29, 0.717) is 0 Å². The van der Waals surface area contributed by atoms with E-state index in [0.717, 1.165) is 7.11 Å². The summed E-state index contributed by atoms with van der Waals surface area (Å²) in [6, 6.07) is 0. The van der Waals surface area contributed by atoms with Gasteiger partial charge >= 0.3 is 18.3 Å². The number of alkyl halides is 6. The highest BCUT2D eigenvalue weighted by Crippen LogP contribution is 2.38. The van der Waals surface area contributed by atoms with E-state index < -0.39 is 39.6 Å². The van der Waals surface area contributed by atoms with Crippen molar-refractivity contribution in [2.75, 3.05) is 7.11 Å². The molecule has 0 saturated heterocycles. The van der Waals surface area contributed by atoms with Crippen LogP contribution in [0.3, 0.4) is 0 Å². The van der Waals surface area contributed by atoms with Gasteiger partial charge in [-0.3, -0.25) is 0 Å². The van der Waals surface area contributed by atoms with Crippen LogP contribution in [0, 0.1) is 0 Å². The molecule has 12 heteroatoms.